The second-order valence-electron chi connectivity index (χ2n) is 7.45. The zero-order valence-electron chi connectivity index (χ0n) is 17.1. The average Bonchev–Trinajstić information content (AvgIpc) is 3.18. The van der Waals surface area contributed by atoms with Crippen molar-refractivity contribution < 1.29 is 19.3 Å². The molecule has 28 heavy (non-hydrogen) atoms. The molecule has 0 amide bonds. The maximum atomic E-state index is 10.3. The van der Waals surface area contributed by atoms with Crippen LogP contribution in [0.3, 0.4) is 0 Å². The van der Waals surface area contributed by atoms with E-state index in [1.165, 1.54) is 29.5 Å². The summed E-state index contributed by atoms with van der Waals surface area (Å²) >= 11 is 0. The minimum atomic E-state index is -0.524. The summed E-state index contributed by atoms with van der Waals surface area (Å²) in [6.45, 7) is 1.71. The van der Waals surface area contributed by atoms with Gasteiger partial charge in [-0.2, -0.15) is 0 Å². The van der Waals surface area contributed by atoms with E-state index in [0.717, 1.165) is 36.6 Å². The Morgan fingerprint density at radius 2 is 1.79 bits per heavy atom. The number of fused-ring (bicyclic) bond motifs is 1. The Bertz CT molecular complexity index is 777. The van der Waals surface area contributed by atoms with Crippen molar-refractivity contribution in [3.05, 3.63) is 53.1 Å². The summed E-state index contributed by atoms with van der Waals surface area (Å²) in [6, 6.07) is 12.3. The van der Waals surface area contributed by atoms with Gasteiger partial charge < -0.3 is 24.2 Å². The van der Waals surface area contributed by atoms with E-state index in [4.69, 9.17) is 14.2 Å². The monoisotopic (exact) mass is 385 g/mol. The SMILES string of the molecule is COc1ccc(CCN(C)CC(O)COc2ccc3c(c2)CCC3)cc1OC. The number of hydrogen-bond donors (Lipinski definition) is 1. The van der Waals surface area contributed by atoms with Crippen LogP contribution in [0.4, 0.5) is 0 Å². The number of aliphatic hydroxyl groups is 1. The van der Waals surface area contributed by atoms with Crippen LogP contribution < -0.4 is 14.2 Å². The molecule has 1 N–H and O–H groups in total. The maximum absolute atomic E-state index is 10.3. The van der Waals surface area contributed by atoms with Gasteiger partial charge in [0.15, 0.2) is 11.5 Å². The summed E-state index contributed by atoms with van der Waals surface area (Å²) in [6.07, 6.45) is 3.88. The molecule has 1 atom stereocenters. The fourth-order valence-electron chi connectivity index (χ4n) is 3.69. The molecule has 0 aliphatic heterocycles. The molecule has 1 unspecified atom stereocenters. The van der Waals surface area contributed by atoms with E-state index in [-0.39, 0.29) is 0 Å². The van der Waals surface area contributed by atoms with E-state index >= 15 is 0 Å². The van der Waals surface area contributed by atoms with Crippen molar-refractivity contribution in [2.24, 2.45) is 0 Å². The van der Waals surface area contributed by atoms with Crippen LogP contribution in [-0.4, -0.2) is 57.1 Å². The number of likely N-dealkylation sites (N-methyl/N-ethyl adjacent to an activating group) is 1. The third kappa shape index (κ3) is 5.40. The highest BCUT2D eigenvalue weighted by Crippen LogP contribution is 2.28. The minimum Gasteiger partial charge on any atom is -0.493 e. The van der Waals surface area contributed by atoms with Crippen LogP contribution in [0.1, 0.15) is 23.1 Å². The number of benzene rings is 2. The number of ether oxygens (including phenoxy) is 3. The third-order valence-corrected chi connectivity index (χ3v) is 5.26. The smallest absolute Gasteiger partial charge is 0.160 e. The van der Waals surface area contributed by atoms with Crippen molar-refractivity contribution in [3.63, 3.8) is 0 Å². The summed E-state index contributed by atoms with van der Waals surface area (Å²) in [5.41, 5.74) is 4.00. The van der Waals surface area contributed by atoms with Gasteiger partial charge in [0, 0.05) is 13.1 Å². The molecule has 2 aromatic carbocycles. The second-order valence-corrected chi connectivity index (χ2v) is 7.45. The lowest BCUT2D eigenvalue weighted by atomic mass is 10.1. The van der Waals surface area contributed by atoms with Crippen molar-refractivity contribution >= 4 is 0 Å². The van der Waals surface area contributed by atoms with E-state index < -0.39 is 6.10 Å². The van der Waals surface area contributed by atoms with E-state index in [9.17, 15) is 5.11 Å². The quantitative estimate of drug-likeness (QED) is 0.681. The Balaban J connectivity index is 1.42. The molecule has 152 valence electrons. The molecule has 0 spiro atoms. The average molecular weight is 386 g/mol. The summed E-state index contributed by atoms with van der Waals surface area (Å²) in [4.78, 5) is 2.12. The zero-order valence-corrected chi connectivity index (χ0v) is 17.1. The molecule has 0 heterocycles. The molecular weight excluding hydrogens is 354 g/mol. The van der Waals surface area contributed by atoms with Crippen molar-refractivity contribution in [1.29, 1.82) is 0 Å². The fraction of sp³-hybridized carbons (Fsp3) is 0.478. The van der Waals surface area contributed by atoms with Gasteiger partial charge in [-0.3, -0.25) is 0 Å². The van der Waals surface area contributed by atoms with Gasteiger partial charge in [-0.05, 0) is 73.7 Å². The van der Waals surface area contributed by atoms with E-state index in [0.29, 0.717) is 13.2 Å². The highest BCUT2D eigenvalue weighted by atomic mass is 16.5. The molecule has 1 aliphatic rings. The van der Waals surface area contributed by atoms with Gasteiger partial charge in [0.05, 0.1) is 14.2 Å². The van der Waals surface area contributed by atoms with E-state index in [1.807, 2.05) is 31.3 Å². The molecule has 0 saturated carbocycles. The number of aliphatic hydroxyl groups excluding tert-OH is 1. The lowest BCUT2D eigenvalue weighted by Gasteiger charge is -2.21. The van der Waals surface area contributed by atoms with Gasteiger partial charge in [0.2, 0.25) is 0 Å². The summed E-state index contributed by atoms with van der Waals surface area (Å²) in [5.74, 6) is 2.33. The van der Waals surface area contributed by atoms with Crippen LogP contribution in [0.2, 0.25) is 0 Å². The van der Waals surface area contributed by atoms with Crippen LogP contribution in [0, 0.1) is 0 Å². The molecule has 0 bridgehead atoms. The summed E-state index contributed by atoms with van der Waals surface area (Å²) in [5, 5.41) is 10.3. The van der Waals surface area contributed by atoms with Crippen LogP contribution in [-0.2, 0) is 19.3 Å². The predicted molar refractivity (Wildman–Crippen MR) is 111 cm³/mol. The first kappa shape index (κ1) is 20.5. The predicted octanol–water partition coefficient (Wildman–Crippen LogP) is 3.11. The van der Waals surface area contributed by atoms with Gasteiger partial charge in [-0.1, -0.05) is 12.1 Å². The Morgan fingerprint density at radius 3 is 2.57 bits per heavy atom. The van der Waals surface area contributed by atoms with E-state index in [2.05, 4.69) is 17.0 Å². The molecule has 0 fully saturated rings. The molecule has 1 aliphatic carbocycles. The second kappa shape index (κ2) is 9.80. The van der Waals surface area contributed by atoms with Crippen molar-refractivity contribution in [3.8, 4) is 17.2 Å². The molecule has 0 aromatic heterocycles. The van der Waals surface area contributed by atoms with Gasteiger partial charge in [0.25, 0.3) is 0 Å². The first-order chi connectivity index (χ1) is 13.6. The molecule has 3 rings (SSSR count). The first-order valence-corrected chi connectivity index (χ1v) is 9.91. The van der Waals surface area contributed by atoms with Crippen molar-refractivity contribution in [2.45, 2.75) is 31.8 Å². The van der Waals surface area contributed by atoms with Crippen molar-refractivity contribution in [1.82, 2.24) is 4.90 Å². The first-order valence-electron chi connectivity index (χ1n) is 9.91. The highest BCUT2D eigenvalue weighted by molar-refractivity contribution is 5.43. The summed E-state index contributed by atoms with van der Waals surface area (Å²) < 4.78 is 16.4. The normalized spacial score (nSPS) is 14.0. The Labute approximate surface area is 167 Å². The Kier molecular flexibility index (Phi) is 7.18. The lowest BCUT2D eigenvalue weighted by molar-refractivity contribution is 0.0766. The number of methoxy groups -OCH3 is 2. The molecular formula is C23H31NO4. The molecule has 0 saturated heterocycles. The topological polar surface area (TPSA) is 51.2 Å². The summed E-state index contributed by atoms with van der Waals surface area (Å²) in [7, 11) is 5.29. The lowest BCUT2D eigenvalue weighted by Crippen LogP contribution is -2.34. The number of aryl methyl sites for hydroxylation is 2. The number of rotatable bonds is 10. The minimum absolute atomic E-state index is 0.305. The third-order valence-electron chi connectivity index (χ3n) is 5.26. The Hall–Kier alpha value is -2.24. The molecule has 0 radical (unpaired) electrons. The van der Waals surface area contributed by atoms with Gasteiger partial charge in [-0.15, -0.1) is 0 Å². The number of nitrogens with zero attached hydrogens (tertiary/aromatic N) is 1. The van der Waals surface area contributed by atoms with Gasteiger partial charge in [0.1, 0.15) is 18.5 Å². The van der Waals surface area contributed by atoms with Crippen LogP contribution in [0.15, 0.2) is 36.4 Å². The van der Waals surface area contributed by atoms with Gasteiger partial charge in [-0.25, -0.2) is 0 Å². The zero-order chi connectivity index (χ0) is 19.9. The van der Waals surface area contributed by atoms with E-state index in [1.54, 1.807) is 14.2 Å². The molecule has 2 aromatic rings. The molecule has 5 nitrogen and oxygen atoms in total. The largest absolute Gasteiger partial charge is 0.493 e. The maximum Gasteiger partial charge on any atom is 0.160 e. The van der Waals surface area contributed by atoms with Crippen LogP contribution >= 0.6 is 0 Å². The van der Waals surface area contributed by atoms with Crippen molar-refractivity contribution in [2.75, 3.05) is 41.0 Å². The molecule has 5 heteroatoms. The van der Waals surface area contributed by atoms with Gasteiger partial charge >= 0.3 is 0 Å². The highest BCUT2D eigenvalue weighted by Gasteiger charge is 2.13. The fourth-order valence-corrected chi connectivity index (χ4v) is 3.69. The number of hydrogen-bond acceptors (Lipinski definition) is 5. The standard InChI is InChI=1S/C23H31NO4/c1-24(12-11-17-7-10-22(26-2)23(13-17)27-3)15-20(25)16-28-21-9-8-18-5-4-6-19(18)14-21/h7-10,13-14,20,25H,4-6,11-12,15-16H2,1-3H3. The van der Waals surface area contributed by atoms with Crippen LogP contribution in [0.25, 0.3) is 0 Å². The van der Waals surface area contributed by atoms with Crippen LogP contribution in [0.5, 0.6) is 17.2 Å². The Morgan fingerprint density at radius 1 is 1.00 bits per heavy atom.